The topological polar surface area (TPSA) is 47.9 Å². The summed E-state index contributed by atoms with van der Waals surface area (Å²) in [6.07, 6.45) is 0. The third-order valence-electron chi connectivity index (χ3n) is 1.96. The van der Waals surface area contributed by atoms with Gasteiger partial charge in [-0.05, 0) is 12.5 Å². The molecular formula is C11H13NO3. The van der Waals surface area contributed by atoms with Crippen LogP contribution in [-0.2, 0) is 14.4 Å². The van der Waals surface area contributed by atoms with E-state index in [1.54, 1.807) is 6.07 Å². The van der Waals surface area contributed by atoms with Gasteiger partial charge in [-0.3, -0.25) is 0 Å². The Kier molecular flexibility index (Phi) is 3.85. The lowest BCUT2D eigenvalue weighted by Crippen LogP contribution is -2.18. The van der Waals surface area contributed by atoms with Gasteiger partial charge in [-0.1, -0.05) is 29.4 Å². The normalized spacial score (nSPS) is 11.0. The number of carbonyl (C=O) groups excluding carboxylic acids is 1. The largest absolute Gasteiger partial charge is 0.464 e. The number of hydrogen-bond acceptors (Lipinski definition) is 4. The first-order valence-corrected chi connectivity index (χ1v) is 4.46. The Hall–Kier alpha value is -1.84. The molecule has 1 rings (SSSR count). The average Bonchev–Trinajstić information content (AvgIpc) is 2.26. The van der Waals surface area contributed by atoms with Gasteiger partial charge in [0, 0.05) is 5.56 Å². The second kappa shape index (κ2) is 5.14. The molecule has 0 spiro atoms. The van der Waals surface area contributed by atoms with Crippen LogP contribution in [0.5, 0.6) is 0 Å². The predicted octanol–water partition coefficient (Wildman–Crippen LogP) is 1.52. The highest BCUT2D eigenvalue weighted by Gasteiger charge is 2.16. The summed E-state index contributed by atoms with van der Waals surface area (Å²) in [5, 5.41) is 3.67. The second-order valence-corrected chi connectivity index (χ2v) is 2.93. The molecule has 1 aromatic rings. The van der Waals surface area contributed by atoms with E-state index in [1.807, 2.05) is 25.1 Å². The van der Waals surface area contributed by atoms with Gasteiger partial charge in [0.1, 0.15) is 7.11 Å². The number of hydrogen-bond donors (Lipinski definition) is 0. The molecule has 4 heteroatoms. The number of rotatable bonds is 3. The Bertz CT molecular complexity index is 385. The van der Waals surface area contributed by atoms with Crippen molar-refractivity contribution in [2.24, 2.45) is 5.16 Å². The van der Waals surface area contributed by atoms with Gasteiger partial charge in [0.25, 0.3) is 0 Å². The van der Waals surface area contributed by atoms with E-state index in [1.165, 1.54) is 14.2 Å². The van der Waals surface area contributed by atoms with Gasteiger partial charge in [0.05, 0.1) is 7.11 Å². The van der Waals surface area contributed by atoms with Gasteiger partial charge >= 0.3 is 5.97 Å². The van der Waals surface area contributed by atoms with Crippen LogP contribution >= 0.6 is 0 Å². The highest BCUT2D eigenvalue weighted by Crippen LogP contribution is 2.09. The molecule has 0 unspecified atom stereocenters. The molecule has 0 saturated heterocycles. The van der Waals surface area contributed by atoms with E-state index in [2.05, 4.69) is 14.7 Å². The molecular weight excluding hydrogens is 194 g/mol. The number of benzene rings is 1. The van der Waals surface area contributed by atoms with E-state index in [-0.39, 0.29) is 5.71 Å². The first-order valence-electron chi connectivity index (χ1n) is 4.46. The minimum absolute atomic E-state index is 0.179. The van der Waals surface area contributed by atoms with Crippen LogP contribution in [0.4, 0.5) is 0 Å². The summed E-state index contributed by atoms with van der Waals surface area (Å²) in [6.45, 7) is 1.89. The first-order chi connectivity index (χ1) is 7.20. The lowest BCUT2D eigenvalue weighted by Gasteiger charge is -2.06. The minimum atomic E-state index is -0.508. The fourth-order valence-corrected chi connectivity index (χ4v) is 1.22. The van der Waals surface area contributed by atoms with Crippen molar-refractivity contribution in [3.63, 3.8) is 0 Å². The van der Waals surface area contributed by atoms with Crippen molar-refractivity contribution < 1.29 is 14.4 Å². The number of ether oxygens (including phenoxy) is 1. The molecule has 0 radical (unpaired) electrons. The molecule has 0 N–H and O–H groups in total. The van der Waals surface area contributed by atoms with E-state index in [0.717, 1.165) is 5.56 Å². The van der Waals surface area contributed by atoms with Crippen LogP contribution in [0.2, 0.25) is 0 Å². The standard InChI is InChI=1S/C11H13NO3/c1-8-6-4-5-7-9(8)10(12-15-3)11(13)14-2/h4-7H,1-3H3/b12-10+. The Balaban J connectivity index is 3.17. The van der Waals surface area contributed by atoms with Gasteiger partial charge in [-0.2, -0.15) is 0 Å². The summed E-state index contributed by atoms with van der Waals surface area (Å²) in [4.78, 5) is 16.0. The van der Waals surface area contributed by atoms with Gasteiger partial charge in [-0.25, -0.2) is 4.79 Å². The lowest BCUT2D eigenvalue weighted by atomic mass is 10.0. The zero-order valence-electron chi connectivity index (χ0n) is 8.98. The van der Waals surface area contributed by atoms with Crippen molar-refractivity contribution in [3.05, 3.63) is 35.4 Å². The number of esters is 1. The molecule has 1 aromatic carbocycles. The minimum Gasteiger partial charge on any atom is -0.464 e. The first kappa shape index (κ1) is 11.2. The van der Waals surface area contributed by atoms with Crippen LogP contribution in [0.15, 0.2) is 29.4 Å². The molecule has 4 nitrogen and oxygen atoms in total. The quantitative estimate of drug-likeness (QED) is 0.429. The number of nitrogens with zero attached hydrogens (tertiary/aromatic N) is 1. The molecule has 0 amide bonds. The van der Waals surface area contributed by atoms with Crippen molar-refractivity contribution in [1.82, 2.24) is 0 Å². The van der Waals surface area contributed by atoms with Crippen molar-refractivity contribution in [1.29, 1.82) is 0 Å². The Morgan fingerprint density at radius 3 is 2.47 bits per heavy atom. The number of oxime groups is 1. The molecule has 0 atom stereocenters. The monoisotopic (exact) mass is 207 g/mol. The number of aryl methyl sites for hydroxylation is 1. The van der Waals surface area contributed by atoms with Crippen molar-refractivity contribution >= 4 is 11.7 Å². The molecule has 0 aromatic heterocycles. The maximum atomic E-state index is 11.4. The maximum Gasteiger partial charge on any atom is 0.360 e. The zero-order valence-corrected chi connectivity index (χ0v) is 8.98. The fourth-order valence-electron chi connectivity index (χ4n) is 1.22. The molecule has 0 heterocycles. The lowest BCUT2D eigenvalue weighted by molar-refractivity contribution is -0.132. The van der Waals surface area contributed by atoms with Crippen LogP contribution in [0, 0.1) is 6.92 Å². The smallest absolute Gasteiger partial charge is 0.360 e. The summed E-state index contributed by atoms with van der Waals surface area (Å²) in [6, 6.07) is 7.41. The molecule has 0 fully saturated rings. The average molecular weight is 207 g/mol. The zero-order chi connectivity index (χ0) is 11.3. The van der Waals surface area contributed by atoms with Crippen LogP contribution in [0.1, 0.15) is 11.1 Å². The third kappa shape index (κ3) is 2.56. The fraction of sp³-hybridized carbons (Fsp3) is 0.273. The van der Waals surface area contributed by atoms with E-state index in [4.69, 9.17) is 0 Å². The highest BCUT2D eigenvalue weighted by atomic mass is 16.6. The van der Waals surface area contributed by atoms with Crippen molar-refractivity contribution in [2.45, 2.75) is 6.92 Å². The molecule has 0 aliphatic rings. The molecule has 0 aliphatic carbocycles. The van der Waals surface area contributed by atoms with E-state index >= 15 is 0 Å². The third-order valence-corrected chi connectivity index (χ3v) is 1.96. The Morgan fingerprint density at radius 1 is 1.27 bits per heavy atom. The predicted molar refractivity (Wildman–Crippen MR) is 56.7 cm³/mol. The summed E-state index contributed by atoms with van der Waals surface area (Å²) in [5.74, 6) is -0.508. The second-order valence-electron chi connectivity index (χ2n) is 2.93. The SMILES string of the molecule is CO/N=C(/C(=O)OC)c1ccccc1C. The summed E-state index contributed by atoms with van der Waals surface area (Å²) < 4.78 is 4.62. The molecule has 15 heavy (non-hydrogen) atoms. The maximum absolute atomic E-state index is 11.4. The van der Waals surface area contributed by atoms with Crippen LogP contribution < -0.4 is 0 Å². The summed E-state index contributed by atoms with van der Waals surface area (Å²) in [7, 11) is 2.70. The summed E-state index contributed by atoms with van der Waals surface area (Å²) in [5.41, 5.74) is 1.84. The van der Waals surface area contributed by atoms with Gasteiger partial charge in [0.2, 0.25) is 0 Å². The highest BCUT2D eigenvalue weighted by molar-refractivity contribution is 6.43. The molecule has 0 saturated carbocycles. The van der Waals surface area contributed by atoms with Gasteiger partial charge < -0.3 is 9.57 Å². The van der Waals surface area contributed by atoms with Crippen LogP contribution in [-0.4, -0.2) is 25.9 Å². The Labute approximate surface area is 88.5 Å². The van der Waals surface area contributed by atoms with E-state index in [0.29, 0.717) is 5.56 Å². The van der Waals surface area contributed by atoms with Crippen LogP contribution in [0.25, 0.3) is 0 Å². The Morgan fingerprint density at radius 2 is 1.93 bits per heavy atom. The number of carbonyl (C=O) groups is 1. The van der Waals surface area contributed by atoms with E-state index in [9.17, 15) is 4.79 Å². The molecule has 0 aliphatic heterocycles. The number of methoxy groups -OCH3 is 1. The van der Waals surface area contributed by atoms with Gasteiger partial charge in [-0.15, -0.1) is 0 Å². The summed E-state index contributed by atoms with van der Waals surface area (Å²) >= 11 is 0. The van der Waals surface area contributed by atoms with Gasteiger partial charge in [0.15, 0.2) is 5.71 Å². The molecule has 80 valence electrons. The van der Waals surface area contributed by atoms with Crippen molar-refractivity contribution in [3.8, 4) is 0 Å². The van der Waals surface area contributed by atoms with E-state index < -0.39 is 5.97 Å². The van der Waals surface area contributed by atoms with Crippen molar-refractivity contribution in [2.75, 3.05) is 14.2 Å². The molecule has 0 bridgehead atoms. The van der Waals surface area contributed by atoms with Crippen LogP contribution in [0.3, 0.4) is 0 Å².